The van der Waals surface area contributed by atoms with Gasteiger partial charge in [0.2, 0.25) is 0 Å². The average molecular weight is 195 g/mol. The molecule has 1 aromatic rings. The number of hydrogen-bond donors (Lipinski definition) is 0. The molecule has 1 atom stereocenters. The predicted octanol–water partition coefficient (Wildman–Crippen LogP) is 1.59. The molecule has 0 saturated carbocycles. The molecule has 0 aromatic carbocycles. The standard InChI is InChI=1S/C10H13NO3/c1-7-11-9(6-14-7)10(12)8-3-2-4-13-5-8/h6,8H,2-5H2,1H3. The number of aromatic nitrogens is 1. The summed E-state index contributed by atoms with van der Waals surface area (Å²) in [5, 5.41) is 0. The number of ketones is 1. The van der Waals surface area contributed by atoms with Crippen LogP contribution in [-0.4, -0.2) is 24.0 Å². The van der Waals surface area contributed by atoms with Crippen molar-refractivity contribution in [1.29, 1.82) is 0 Å². The highest BCUT2D eigenvalue weighted by Gasteiger charge is 2.24. The van der Waals surface area contributed by atoms with Crippen LogP contribution >= 0.6 is 0 Å². The van der Waals surface area contributed by atoms with Gasteiger partial charge in [0.05, 0.1) is 6.61 Å². The second-order valence-electron chi connectivity index (χ2n) is 3.53. The van der Waals surface area contributed by atoms with Crippen molar-refractivity contribution >= 4 is 5.78 Å². The molecule has 76 valence electrons. The molecule has 1 fully saturated rings. The zero-order valence-corrected chi connectivity index (χ0v) is 8.16. The third-order valence-electron chi connectivity index (χ3n) is 2.40. The van der Waals surface area contributed by atoms with Gasteiger partial charge in [0, 0.05) is 19.4 Å². The van der Waals surface area contributed by atoms with E-state index in [1.165, 1.54) is 6.26 Å². The third kappa shape index (κ3) is 1.85. The Morgan fingerprint density at radius 3 is 3.07 bits per heavy atom. The van der Waals surface area contributed by atoms with Crippen LogP contribution in [0.5, 0.6) is 0 Å². The number of hydrogen-bond acceptors (Lipinski definition) is 4. The summed E-state index contributed by atoms with van der Waals surface area (Å²) in [6.07, 6.45) is 3.27. The maximum Gasteiger partial charge on any atom is 0.191 e. The molecule has 2 rings (SSSR count). The first-order valence-corrected chi connectivity index (χ1v) is 4.81. The van der Waals surface area contributed by atoms with Crippen molar-refractivity contribution in [2.24, 2.45) is 5.92 Å². The van der Waals surface area contributed by atoms with Gasteiger partial charge in [-0.2, -0.15) is 0 Å². The molecule has 0 radical (unpaired) electrons. The lowest BCUT2D eigenvalue weighted by atomic mass is 9.96. The third-order valence-corrected chi connectivity index (χ3v) is 2.40. The Bertz CT molecular complexity index is 326. The van der Waals surface area contributed by atoms with Crippen LogP contribution in [0, 0.1) is 12.8 Å². The Hall–Kier alpha value is -1.16. The van der Waals surface area contributed by atoms with Crippen LogP contribution in [0.1, 0.15) is 29.2 Å². The maximum absolute atomic E-state index is 11.8. The summed E-state index contributed by atoms with van der Waals surface area (Å²) in [7, 11) is 0. The summed E-state index contributed by atoms with van der Waals surface area (Å²) in [5.41, 5.74) is 0.429. The van der Waals surface area contributed by atoms with Crippen LogP contribution in [0.3, 0.4) is 0 Å². The highest BCUT2D eigenvalue weighted by Crippen LogP contribution is 2.18. The average Bonchev–Trinajstić information content (AvgIpc) is 2.65. The number of carbonyl (C=O) groups excluding carboxylic acids is 1. The van der Waals surface area contributed by atoms with Crippen molar-refractivity contribution in [2.45, 2.75) is 19.8 Å². The number of aryl methyl sites for hydroxylation is 1. The van der Waals surface area contributed by atoms with Crippen molar-refractivity contribution in [3.05, 3.63) is 17.8 Å². The lowest BCUT2D eigenvalue weighted by Gasteiger charge is -2.19. The van der Waals surface area contributed by atoms with E-state index in [4.69, 9.17) is 9.15 Å². The Morgan fingerprint density at radius 1 is 1.64 bits per heavy atom. The molecule has 1 aromatic heterocycles. The van der Waals surface area contributed by atoms with Crippen molar-refractivity contribution in [3.8, 4) is 0 Å². The van der Waals surface area contributed by atoms with Crippen LogP contribution < -0.4 is 0 Å². The summed E-state index contributed by atoms with van der Waals surface area (Å²) in [6, 6.07) is 0. The molecule has 0 aliphatic carbocycles. The van der Waals surface area contributed by atoms with E-state index in [2.05, 4.69) is 4.98 Å². The van der Waals surface area contributed by atoms with E-state index < -0.39 is 0 Å². The molecule has 0 amide bonds. The Labute approximate surface area is 82.3 Å². The quantitative estimate of drug-likeness (QED) is 0.672. The van der Waals surface area contributed by atoms with Gasteiger partial charge in [0.15, 0.2) is 11.7 Å². The predicted molar refractivity (Wildman–Crippen MR) is 49.1 cm³/mol. The van der Waals surface area contributed by atoms with Crippen molar-refractivity contribution < 1.29 is 13.9 Å². The van der Waals surface area contributed by atoms with Crippen LogP contribution in [0.2, 0.25) is 0 Å². The molecule has 14 heavy (non-hydrogen) atoms. The number of ether oxygens (including phenoxy) is 1. The molecule has 1 saturated heterocycles. The van der Waals surface area contributed by atoms with Gasteiger partial charge in [-0.3, -0.25) is 4.79 Å². The molecule has 0 bridgehead atoms. The summed E-state index contributed by atoms with van der Waals surface area (Å²) in [4.78, 5) is 15.8. The van der Waals surface area contributed by atoms with Crippen molar-refractivity contribution in [3.63, 3.8) is 0 Å². The minimum absolute atomic E-state index is 0.0340. The van der Waals surface area contributed by atoms with Gasteiger partial charge in [-0.25, -0.2) is 4.98 Å². The van der Waals surface area contributed by atoms with E-state index in [0.29, 0.717) is 18.2 Å². The minimum atomic E-state index is -0.0340. The highest BCUT2D eigenvalue weighted by molar-refractivity contribution is 5.95. The zero-order chi connectivity index (χ0) is 9.97. The van der Waals surface area contributed by atoms with Crippen molar-refractivity contribution in [1.82, 2.24) is 4.98 Å². The number of oxazole rings is 1. The Morgan fingerprint density at radius 2 is 2.50 bits per heavy atom. The SMILES string of the molecule is Cc1nc(C(=O)C2CCCOC2)co1. The second-order valence-corrected chi connectivity index (χ2v) is 3.53. The smallest absolute Gasteiger partial charge is 0.191 e. The zero-order valence-electron chi connectivity index (χ0n) is 8.16. The summed E-state index contributed by atoms with van der Waals surface area (Å²) in [5.74, 6) is 0.542. The highest BCUT2D eigenvalue weighted by atomic mass is 16.5. The van der Waals surface area contributed by atoms with Gasteiger partial charge >= 0.3 is 0 Å². The monoisotopic (exact) mass is 195 g/mol. The Balaban J connectivity index is 2.07. The van der Waals surface area contributed by atoms with E-state index in [9.17, 15) is 4.79 Å². The topological polar surface area (TPSA) is 52.3 Å². The molecular formula is C10H13NO3. The lowest BCUT2D eigenvalue weighted by molar-refractivity contribution is 0.0458. The largest absolute Gasteiger partial charge is 0.449 e. The second kappa shape index (κ2) is 3.92. The molecule has 1 aliphatic heterocycles. The molecule has 4 heteroatoms. The van der Waals surface area contributed by atoms with Crippen LogP contribution in [0.4, 0.5) is 0 Å². The summed E-state index contributed by atoms with van der Waals surface area (Å²) in [6.45, 7) is 3.01. The van der Waals surface area contributed by atoms with Gasteiger partial charge in [-0.05, 0) is 12.8 Å². The van der Waals surface area contributed by atoms with Gasteiger partial charge in [-0.1, -0.05) is 0 Å². The summed E-state index contributed by atoms with van der Waals surface area (Å²) < 4.78 is 10.3. The first-order chi connectivity index (χ1) is 6.77. The molecule has 0 N–H and O–H groups in total. The van der Waals surface area contributed by atoms with E-state index in [1.54, 1.807) is 6.92 Å². The maximum atomic E-state index is 11.8. The van der Waals surface area contributed by atoms with Gasteiger partial charge in [0.25, 0.3) is 0 Å². The molecular weight excluding hydrogens is 182 g/mol. The van der Waals surface area contributed by atoms with E-state index >= 15 is 0 Å². The normalized spacial score (nSPS) is 22.2. The van der Waals surface area contributed by atoms with E-state index in [0.717, 1.165) is 19.4 Å². The van der Waals surface area contributed by atoms with E-state index in [1.807, 2.05) is 0 Å². The first kappa shape index (κ1) is 9.40. The van der Waals surface area contributed by atoms with Gasteiger partial charge in [-0.15, -0.1) is 0 Å². The fourth-order valence-electron chi connectivity index (χ4n) is 1.63. The number of rotatable bonds is 2. The van der Waals surface area contributed by atoms with Gasteiger partial charge in [0.1, 0.15) is 12.0 Å². The first-order valence-electron chi connectivity index (χ1n) is 4.81. The van der Waals surface area contributed by atoms with Crippen LogP contribution in [-0.2, 0) is 4.74 Å². The molecule has 1 unspecified atom stereocenters. The van der Waals surface area contributed by atoms with Crippen LogP contribution in [0.25, 0.3) is 0 Å². The fraction of sp³-hybridized carbons (Fsp3) is 0.600. The number of Topliss-reactive ketones (excluding diaryl/α,β-unsaturated/α-hetero) is 1. The lowest BCUT2D eigenvalue weighted by Crippen LogP contribution is -2.25. The fourth-order valence-corrected chi connectivity index (χ4v) is 1.63. The Kier molecular flexibility index (Phi) is 2.63. The molecule has 2 heterocycles. The molecule has 1 aliphatic rings. The van der Waals surface area contributed by atoms with Crippen LogP contribution in [0.15, 0.2) is 10.7 Å². The number of nitrogens with zero attached hydrogens (tertiary/aromatic N) is 1. The number of carbonyl (C=O) groups is 1. The van der Waals surface area contributed by atoms with E-state index in [-0.39, 0.29) is 11.7 Å². The molecule has 4 nitrogen and oxygen atoms in total. The van der Waals surface area contributed by atoms with Gasteiger partial charge < -0.3 is 9.15 Å². The summed E-state index contributed by atoms with van der Waals surface area (Å²) >= 11 is 0. The minimum Gasteiger partial charge on any atom is -0.449 e. The van der Waals surface area contributed by atoms with Crippen molar-refractivity contribution in [2.75, 3.05) is 13.2 Å². The molecule has 0 spiro atoms.